The van der Waals surface area contributed by atoms with Gasteiger partial charge in [0.2, 0.25) is 5.91 Å². The van der Waals surface area contributed by atoms with E-state index in [1.54, 1.807) is 6.20 Å². The molecule has 5 heteroatoms. The molecule has 1 amide bonds. The van der Waals surface area contributed by atoms with Crippen LogP contribution in [0.2, 0.25) is 0 Å². The predicted molar refractivity (Wildman–Crippen MR) is 62.7 cm³/mol. The van der Waals surface area contributed by atoms with Crippen LogP contribution in [0.15, 0.2) is 12.4 Å². The first-order chi connectivity index (χ1) is 8.31. The van der Waals surface area contributed by atoms with Crippen LogP contribution in [0.3, 0.4) is 0 Å². The summed E-state index contributed by atoms with van der Waals surface area (Å²) in [6, 6.07) is 0.323. The molecule has 1 aromatic rings. The second kappa shape index (κ2) is 4.49. The topological polar surface area (TPSA) is 56.2 Å². The predicted octanol–water partition coefficient (Wildman–Crippen LogP) is 1.58. The third-order valence-corrected chi connectivity index (χ3v) is 3.34. The lowest BCUT2D eigenvalue weighted by Crippen LogP contribution is -2.12. The lowest BCUT2D eigenvalue weighted by molar-refractivity contribution is -0.116. The highest BCUT2D eigenvalue weighted by Crippen LogP contribution is 2.32. The molecule has 1 aromatic heterocycles. The van der Waals surface area contributed by atoms with Crippen LogP contribution in [0.4, 0.5) is 5.69 Å². The first-order valence-electron chi connectivity index (χ1n) is 6.23. The molecule has 92 valence electrons. The van der Waals surface area contributed by atoms with Crippen molar-refractivity contribution < 1.29 is 9.53 Å². The maximum absolute atomic E-state index is 11.6. The number of nitrogens with one attached hydrogen (secondary N) is 1. The van der Waals surface area contributed by atoms with Gasteiger partial charge in [0.15, 0.2) is 0 Å². The molecule has 0 spiro atoms. The lowest BCUT2D eigenvalue weighted by Gasteiger charge is -2.06. The van der Waals surface area contributed by atoms with E-state index in [2.05, 4.69) is 10.4 Å². The summed E-state index contributed by atoms with van der Waals surface area (Å²) in [5.41, 5.74) is 0.794. The molecule has 0 radical (unpaired) electrons. The van der Waals surface area contributed by atoms with E-state index in [4.69, 9.17) is 4.74 Å². The van der Waals surface area contributed by atoms with E-state index in [1.165, 1.54) is 12.8 Å². The number of carbonyl (C=O) groups is 1. The minimum atomic E-state index is 0.106. The summed E-state index contributed by atoms with van der Waals surface area (Å²) in [6.07, 6.45) is 7.65. The third kappa shape index (κ3) is 2.66. The molecular formula is C12H17N3O2. The van der Waals surface area contributed by atoms with Gasteiger partial charge < -0.3 is 10.1 Å². The second-order valence-electron chi connectivity index (χ2n) is 4.92. The van der Waals surface area contributed by atoms with Crippen LogP contribution >= 0.6 is 0 Å². The largest absolute Gasteiger partial charge is 0.379 e. The molecule has 17 heavy (non-hydrogen) atoms. The standard InChI is InChI=1S/C12H17N3O2/c16-12(5-9-1-2-9)14-10-6-13-15(7-10)11-3-4-17-8-11/h6-7,9,11H,1-5,8H2,(H,14,16)/t11-/m1/s1. The van der Waals surface area contributed by atoms with Crippen LogP contribution in [0.25, 0.3) is 0 Å². The molecule has 1 aliphatic carbocycles. The van der Waals surface area contributed by atoms with Crippen molar-refractivity contribution in [3.63, 3.8) is 0 Å². The molecule has 1 saturated carbocycles. The van der Waals surface area contributed by atoms with Gasteiger partial charge in [0.1, 0.15) is 0 Å². The maximum Gasteiger partial charge on any atom is 0.224 e. The van der Waals surface area contributed by atoms with Crippen molar-refractivity contribution in [2.24, 2.45) is 5.92 Å². The zero-order valence-electron chi connectivity index (χ0n) is 9.76. The molecule has 1 aliphatic heterocycles. The normalized spacial score (nSPS) is 23.9. The summed E-state index contributed by atoms with van der Waals surface area (Å²) in [6.45, 7) is 1.52. The van der Waals surface area contributed by atoms with E-state index in [0.717, 1.165) is 25.3 Å². The van der Waals surface area contributed by atoms with Crippen molar-refractivity contribution >= 4 is 11.6 Å². The van der Waals surface area contributed by atoms with Gasteiger partial charge in [-0.2, -0.15) is 5.10 Å². The van der Waals surface area contributed by atoms with Gasteiger partial charge >= 0.3 is 0 Å². The number of hydrogen-bond acceptors (Lipinski definition) is 3. The third-order valence-electron chi connectivity index (χ3n) is 3.34. The van der Waals surface area contributed by atoms with Crippen LogP contribution in [-0.2, 0) is 9.53 Å². The summed E-state index contributed by atoms with van der Waals surface area (Å²) in [4.78, 5) is 11.6. The Morgan fingerprint density at radius 2 is 2.41 bits per heavy atom. The molecule has 1 atom stereocenters. The van der Waals surface area contributed by atoms with Crippen molar-refractivity contribution in [3.8, 4) is 0 Å². The highest BCUT2D eigenvalue weighted by atomic mass is 16.5. The van der Waals surface area contributed by atoms with Gasteiger partial charge in [-0.3, -0.25) is 9.48 Å². The molecule has 2 aliphatic rings. The van der Waals surface area contributed by atoms with E-state index >= 15 is 0 Å². The van der Waals surface area contributed by atoms with Crippen molar-refractivity contribution in [1.29, 1.82) is 0 Å². The quantitative estimate of drug-likeness (QED) is 0.862. The van der Waals surface area contributed by atoms with Crippen LogP contribution < -0.4 is 5.32 Å². The number of hydrogen-bond donors (Lipinski definition) is 1. The molecule has 1 N–H and O–H groups in total. The Hall–Kier alpha value is -1.36. The van der Waals surface area contributed by atoms with Crippen LogP contribution in [0, 0.1) is 5.92 Å². The van der Waals surface area contributed by atoms with Crippen molar-refractivity contribution in [3.05, 3.63) is 12.4 Å². The van der Waals surface area contributed by atoms with Crippen molar-refractivity contribution in [1.82, 2.24) is 9.78 Å². The summed E-state index contributed by atoms with van der Waals surface area (Å²) in [5, 5.41) is 7.16. The molecule has 0 unspecified atom stereocenters. The number of aromatic nitrogens is 2. The zero-order valence-corrected chi connectivity index (χ0v) is 9.76. The average Bonchev–Trinajstić information content (AvgIpc) is 2.84. The van der Waals surface area contributed by atoms with Gasteiger partial charge in [0.25, 0.3) is 0 Å². The Kier molecular flexibility index (Phi) is 2.84. The van der Waals surface area contributed by atoms with Crippen molar-refractivity contribution in [2.75, 3.05) is 18.5 Å². The number of anilines is 1. The number of amides is 1. The Labute approximate surface area is 100 Å². The molecule has 0 aromatic carbocycles. The van der Waals surface area contributed by atoms with E-state index < -0.39 is 0 Å². The summed E-state index contributed by atoms with van der Waals surface area (Å²) < 4.78 is 7.20. The Balaban J connectivity index is 1.57. The zero-order chi connectivity index (χ0) is 11.7. The van der Waals surface area contributed by atoms with Crippen molar-refractivity contribution in [2.45, 2.75) is 31.7 Å². The smallest absolute Gasteiger partial charge is 0.224 e. The number of nitrogens with zero attached hydrogens (tertiary/aromatic N) is 2. The number of rotatable bonds is 4. The monoisotopic (exact) mass is 235 g/mol. The van der Waals surface area contributed by atoms with Gasteiger partial charge in [-0.25, -0.2) is 0 Å². The maximum atomic E-state index is 11.6. The molecule has 2 heterocycles. The number of ether oxygens (including phenoxy) is 1. The lowest BCUT2D eigenvalue weighted by atomic mass is 10.3. The minimum absolute atomic E-state index is 0.106. The average molecular weight is 235 g/mol. The van der Waals surface area contributed by atoms with Gasteiger partial charge in [0, 0.05) is 19.2 Å². The molecule has 0 bridgehead atoms. The van der Waals surface area contributed by atoms with Crippen LogP contribution in [-0.4, -0.2) is 28.9 Å². The fraction of sp³-hybridized carbons (Fsp3) is 0.667. The van der Waals surface area contributed by atoms with Gasteiger partial charge in [-0.1, -0.05) is 0 Å². The molecular weight excluding hydrogens is 218 g/mol. The summed E-state index contributed by atoms with van der Waals surface area (Å²) >= 11 is 0. The SMILES string of the molecule is O=C(CC1CC1)Nc1cnn([C@@H]2CCOC2)c1. The highest BCUT2D eigenvalue weighted by Gasteiger charge is 2.24. The van der Waals surface area contributed by atoms with Gasteiger partial charge in [-0.05, 0) is 25.2 Å². The van der Waals surface area contributed by atoms with E-state index in [9.17, 15) is 4.79 Å². The first kappa shape index (κ1) is 10.8. The Bertz CT molecular complexity index is 406. The second-order valence-corrected chi connectivity index (χ2v) is 4.92. The Morgan fingerprint density at radius 1 is 1.53 bits per heavy atom. The number of carbonyl (C=O) groups excluding carboxylic acids is 1. The van der Waals surface area contributed by atoms with Gasteiger partial charge in [0.05, 0.1) is 24.5 Å². The fourth-order valence-corrected chi connectivity index (χ4v) is 2.13. The first-order valence-corrected chi connectivity index (χ1v) is 6.23. The summed E-state index contributed by atoms with van der Waals surface area (Å²) in [5.74, 6) is 0.725. The molecule has 1 saturated heterocycles. The summed E-state index contributed by atoms with van der Waals surface area (Å²) in [7, 11) is 0. The molecule has 3 rings (SSSR count). The van der Waals surface area contributed by atoms with E-state index in [-0.39, 0.29) is 5.91 Å². The van der Waals surface area contributed by atoms with Crippen LogP contribution in [0.1, 0.15) is 31.7 Å². The minimum Gasteiger partial charge on any atom is -0.379 e. The molecule has 5 nitrogen and oxygen atoms in total. The van der Waals surface area contributed by atoms with E-state index in [0.29, 0.717) is 18.4 Å². The fourth-order valence-electron chi connectivity index (χ4n) is 2.13. The highest BCUT2D eigenvalue weighted by molar-refractivity contribution is 5.90. The van der Waals surface area contributed by atoms with Crippen LogP contribution in [0.5, 0.6) is 0 Å². The Morgan fingerprint density at radius 3 is 3.12 bits per heavy atom. The van der Waals surface area contributed by atoms with E-state index in [1.807, 2.05) is 10.9 Å². The van der Waals surface area contributed by atoms with Gasteiger partial charge in [-0.15, -0.1) is 0 Å². The molecule has 2 fully saturated rings.